The van der Waals surface area contributed by atoms with Gasteiger partial charge in [-0.15, -0.1) is 10.2 Å². The molecule has 1 amide bonds. The van der Waals surface area contributed by atoms with Gasteiger partial charge in [0.25, 0.3) is 0 Å². The van der Waals surface area contributed by atoms with Crippen molar-refractivity contribution in [1.29, 1.82) is 0 Å². The SMILES string of the molecule is CCCNC(=O)CSc1nnc(-c2ccccc2)n1C. The minimum atomic E-state index is 0.0288. The maximum atomic E-state index is 11.6. The molecule has 0 aliphatic carbocycles. The number of nitrogens with zero attached hydrogens (tertiary/aromatic N) is 3. The Bertz CT molecular complexity index is 568. The van der Waals surface area contributed by atoms with Crippen molar-refractivity contribution in [2.24, 2.45) is 7.05 Å². The van der Waals surface area contributed by atoms with E-state index in [4.69, 9.17) is 0 Å². The van der Waals surface area contributed by atoms with Gasteiger partial charge >= 0.3 is 0 Å². The van der Waals surface area contributed by atoms with E-state index in [1.807, 2.05) is 48.9 Å². The molecule has 2 aromatic rings. The van der Waals surface area contributed by atoms with Crippen LogP contribution in [0, 0.1) is 0 Å². The van der Waals surface area contributed by atoms with Crippen LogP contribution in [0.5, 0.6) is 0 Å². The molecule has 5 nitrogen and oxygen atoms in total. The maximum absolute atomic E-state index is 11.6. The molecule has 0 saturated carbocycles. The van der Waals surface area contributed by atoms with Gasteiger partial charge in [0.2, 0.25) is 5.91 Å². The number of benzene rings is 1. The zero-order valence-electron chi connectivity index (χ0n) is 11.7. The van der Waals surface area contributed by atoms with Gasteiger partial charge < -0.3 is 9.88 Å². The highest BCUT2D eigenvalue weighted by atomic mass is 32.2. The number of aromatic nitrogens is 3. The Morgan fingerprint density at radius 3 is 2.75 bits per heavy atom. The highest BCUT2D eigenvalue weighted by Gasteiger charge is 2.12. The quantitative estimate of drug-likeness (QED) is 0.828. The third-order valence-electron chi connectivity index (χ3n) is 2.77. The largest absolute Gasteiger partial charge is 0.355 e. The molecular formula is C14H18N4OS. The maximum Gasteiger partial charge on any atom is 0.230 e. The third kappa shape index (κ3) is 3.60. The number of nitrogens with one attached hydrogen (secondary N) is 1. The summed E-state index contributed by atoms with van der Waals surface area (Å²) in [6, 6.07) is 9.89. The lowest BCUT2D eigenvalue weighted by Gasteiger charge is -2.04. The number of carbonyl (C=O) groups is 1. The Kier molecular flexibility index (Phi) is 5.17. The van der Waals surface area contributed by atoms with Crippen LogP contribution in [-0.2, 0) is 11.8 Å². The average molecular weight is 290 g/mol. The fourth-order valence-corrected chi connectivity index (χ4v) is 2.47. The van der Waals surface area contributed by atoms with Crippen molar-refractivity contribution in [3.63, 3.8) is 0 Å². The predicted octanol–water partition coefficient (Wildman–Crippen LogP) is 2.10. The molecule has 0 spiro atoms. The first-order chi connectivity index (χ1) is 9.72. The Balaban J connectivity index is 2.01. The van der Waals surface area contributed by atoms with E-state index in [2.05, 4.69) is 15.5 Å². The van der Waals surface area contributed by atoms with E-state index in [0.717, 1.165) is 23.0 Å². The molecule has 106 valence electrons. The van der Waals surface area contributed by atoms with E-state index in [0.29, 0.717) is 12.3 Å². The zero-order valence-corrected chi connectivity index (χ0v) is 12.5. The van der Waals surface area contributed by atoms with E-state index in [-0.39, 0.29) is 5.91 Å². The summed E-state index contributed by atoms with van der Waals surface area (Å²) in [4.78, 5) is 11.6. The van der Waals surface area contributed by atoms with E-state index in [9.17, 15) is 4.79 Å². The van der Waals surface area contributed by atoms with Gasteiger partial charge in [-0.05, 0) is 6.42 Å². The van der Waals surface area contributed by atoms with E-state index in [1.165, 1.54) is 11.8 Å². The second-order valence-corrected chi connectivity index (χ2v) is 5.31. The number of thioether (sulfide) groups is 1. The van der Waals surface area contributed by atoms with Crippen LogP contribution >= 0.6 is 11.8 Å². The summed E-state index contributed by atoms with van der Waals surface area (Å²) in [6.07, 6.45) is 0.943. The van der Waals surface area contributed by atoms with Crippen LogP contribution in [0.2, 0.25) is 0 Å². The van der Waals surface area contributed by atoms with Crippen molar-refractivity contribution >= 4 is 17.7 Å². The Hall–Kier alpha value is -1.82. The van der Waals surface area contributed by atoms with Gasteiger partial charge in [0, 0.05) is 19.2 Å². The molecule has 0 saturated heterocycles. The van der Waals surface area contributed by atoms with Crippen LogP contribution in [0.15, 0.2) is 35.5 Å². The number of carbonyl (C=O) groups excluding carboxylic acids is 1. The van der Waals surface area contributed by atoms with Gasteiger partial charge in [-0.25, -0.2) is 0 Å². The molecule has 6 heteroatoms. The Morgan fingerprint density at radius 2 is 2.05 bits per heavy atom. The van der Waals surface area contributed by atoms with Gasteiger partial charge in [0.05, 0.1) is 5.75 Å². The normalized spacial score (nSPS) is 10.5. The molecule has 1 N–H and O–H groups in total. The van der Waals surface area contributed by atoms with Gasteiger partial charge in [0.1, 0.15) is 0 Å². The average Bonchev–Trinajstić information content (AvgIpc) is 2.85. The molecule has 2 rings (SSSR count). The number of amides is 1. The highest BCUT2D eigenvalue weighted by molar-refractivity contribution is 7.99. The molecule has 0 unspecified atom stereocenters. The molecule has 0 atom stereocenters. The standard InChI is InChI=1S/C14H18N4OS/c1-3-9-15-12(19)10-20-14-17-16-13(18(14)2)11-7-5-4-6-8-11/h4-8H,3,9-10H2,1-2H3,(H,15,19). The fraction of sp³-hybridized carbons (Fsp3) is 0.357. The minimum absolute atomic E-state index is 0.0288. The van der Waals surface area contributed by atoms with Crippen molar-refractivity contribution in [3.05, 3.63) is 30.3 Å². The molecule has 0 radical (unpaired) electrons. The van der Waals surface area contributed by atoms with Crippen molar-refractivity contribution in [2.75, 3.05) is 12.3 Å². The van der Waals surface area contributed by atoms with Gasteiger partial charge in [-0.2, -0.15) is 0 Å². The first-order valence-corrected chi connectivity index (χ1v) is 7.55. The molecule has 0 bridgehead atoms. The lowest BCUT2D eigenvalue weighted by atomic mass is 10.2. The third-order valence-corrected chi connectivity index (χ3v) is 3.79. The summed E-state index contributed by atoms with van der Waals surface area (Å²) in [5, 5.41) is 11.9. The lowest BCUT2D eigenvalue weighted by Crippen LogP contribution is -2.25. The summed E-state index contributed by atoms with van der Waals surface area (Å²) < 4.78 is 1.91. The van der Waals surface area contributed by atoms with E-state index in [1.54, 1.807) is 0 Å². The minimum Gasteiger partial charge on any atom is -0.355 e. The fourth-order valence-electron chi connectivity index (χ4n) is 1.72. The summed E-state index contributed by atoms with van der Waals surface area (Å²) in [5.74, 6) is 1.20. The van der Waals surface area contributed by atoms with Crippen molar-refractivity contribution in [1.82, 2.24) is 20.1 Å². The topological polar surface area (TPSA) is 59.8 Å². The monoisotopic (exact) mass is 290 g/mol. The van der Waals surface area contributed by atoms with Crippen LogP contribution < -0.4 is 5.32 Å². The Labute approximate surface area is 122 Å². The van der Waals surface area contributed by atoms with Crippen molar-refractivity contribution in [2.45, 2.75) is 18.5 Å². The molecule has 0 aliphatic heterocycles. The van der Waals surface area contributed by atoms with Crippen LogP contribution in [0.3, 0.4) is 0 Å². The zero-order chi connectivity index (χ0) is 14.4. The van der Waals surface area contributed by atoms with Crippen molar-refractivity contribution < 1.29 is 4.79 Å². The first-order valence-electron chi connectivity index (χ1n) is 6.56. The van der Waals surface area contributed by atoms with Crippen LogP contribution in [0.1, 0.15) is 13.3 Å². The Morgan fingerprint density at radius 1 is 1.30 bits per heavy atom. The summed E-state index contributed by atoms with van der Waals surface area (Å²) in [6.45, 7) is 2.75. The second kappa shape index (κ2) is 7.09. The molecule has 20 heavy (non-hydrogen) atoms. The molecule has 1 heterocycles. The predicted molar refractivity (Wildman–Crippen MR) is 80.5 cm³/mol. The van der Waals surface area contributed by atoms with E-state index >= 15 is 0 Å². The van der Waals surface area contributed by atoms with Gasteiger partial charge in [-0.1, -0.05) is 49.0 Å². The second-order valence-electron chi connectivity index (χ2n) is 4.37. The number of hydrogen-bond donors (Lipinski definition) is 1. The summed E-state index contributed by atoms with van der Waals surface area (Å²) in [5.41, 5.74) is 1.02. The van der Waals surface area contributed by atoms with Gasteiger partial charge in [-0.3, -0.25) is 4.79 Å². The van der Waals surface area contributed by atoms with Crippen LogP contribution in [0.25, 0.3) is 11.4 Å². The first kappa shape index (κ1) is 14.6. The lowest BCUT2D eigenvalue weighted by molar-refractivity contribution is -0.118. The van der Waals surface area contributed by atoms with Crippen molar-refractivity contribution in [3.8, 4) is 11.4 Å². The highest BCUT2D eigenvalue weighted by Crippen LogP contribution is 2.21. The molecule has 1 aromatic heterocycles. The van der Waals surface area contributed by atoms with Crippen LogP contribution in [-0.4, -0.2) is 33.0 Å². The van der Waals surface area contributed by atoms with Crippen LogP contribution in [0.4, 0.5) is 0 Å². The van der Waals surface area contributed by atoms with Gasteiger partial charge in [0.15, 0.2) is 11.0 Å². The summed E-state index contributed by atoms with van der Waals surface area (Å²) in [7, 11) is 1.91. The summed E-state index contributed by atoms with van der Waals surface area (Å²) >= 11 is 1.40. The van der Waals surface area contributed by atoms with E-state index < -0.39 is 0 Å². The molecule has 0 fully saturated rings. The molecular weight excluding hydrogens is 272 g/mol. The molecule has 0 aliphatic rings. The smallest absolute Gasteiger partial charge is 0.230 e. The number of hydrogen-bond acceptors (Lipinski definition) is 4. The molecule has 1 aromatic carbocycles. The number of rotatable bonds is 6.